The van der Waals surface area contributed by atoms with Gasteiger partial charge in [0.05, 0.1) is 17.3 Å². The molecule has 1 saturated carbocycles. The van der Waals surface area contributed by atoms with E-state index in [9.17, 15) is 19.2 Å². The monoisotopic (exact) mass is 392 g/mol. The fourth-order valence-corrected chi connectivity index (χ4v) is 3.29. The molecule has 1 heterocycles. The summed E-state index contributed by atoms with van der Waals surface area (Å²) in [4.78, 5) is 51.3. The van der Waals surface area contributed by atoms with Crippen LogP contribution in [0.15, 0.2) is 24.3 Å². The predicted octanol–water partition coefficient (Wildman–Crippen LogP) is 1.46. The van der Waals surface area contributed by atoms with Crippen LogP contribution in [-0.2, 0) is 14.4 Å². The lowest BCUT2D eigenvalue weighted by Gasteiger charge is -2.22. The number of hydrogen-bond acceptors (Lipinski definition) is 4. The topological polar surface area (TPSA) is 98.8 Å². The van der Waals surface area contributed by atoms with Gasteiger partial charge in [0.15, 0.2) is 0 Å². The standard InChI is InChI=1S/C18H21ClN4O4/c1-18(11-7-8-11)16(26)23(17(27)21-18)10-15(25)22(2)9-14(24)20-13-6-4-3-5-12(13)19/h3-6,11H,7-10H2,1-2H3,(H,20,24)(H,21,27)/t18-/m0/s1. The minimum Gasteiger partial charge on any atom is -0.335 e. The van der Waals surface area contributed by atoms with Crippen molar-refractivity contribution in [3.8, 4) is 0 Å². The van der Waals surface area contributed by atoms with Gasteiger partial charge in [-0.2, -0.15) is 0 Å². The molecule has 144 valence electrons. The van der Waals surface area contributed by atoms with Crippen molar-refractivity contribution < 1.29 is 19.2 Å². The van der Waals surface area contributed by atoms with Crippen LogP contribution in [0.5, 0.6) is 0 Å². The molecule has 1 aromatic carbocycles. The van der Waals surface area contributed by atoms with E-state index in [0.29, 0.717) is 10.7 Å². The molecule has 1 atom stereocenters. The molecule has 5 amide bonds. The zero-order valence-corrected chi connectivity index (χ0v) is 15.9. The number of amides is 5. The fraction of sp³-hybridized carbons (Fsp3) is 0.444. The number of halogens is 1. The van der Waals surface area contributed by atoms with Crippen molar-refractivity contribution in [2.45, 2.75) is 25.3 Å². The Labute approximate surface area is 161 Å². The maximum Gasteiger partial charge on any atom is 0.325 e. The number of imide groups is 1. The number of likely N-dealkylation sites (N-methyl/N-ethyl adjacent to an activating group) is 1. The zero-order valence-electron chi connectivity index (χ0n) is 15.1. The first-order chi connectivity index (χ1) is 12.7. The second kappa shape index (κ2) is 7.19. The van der Waals surface area contributed by atoms with E-state index in [1.165, 1.54) is 11.9 Å². The van der Waals surface area contributed by atoms with Gasteiger partial charge in [-0.15, -0.1) is 0 Å². The van der Waals surface area contributed by atoms with Crippen LogP contribution in [0.25, 0.3) is 0 Å². The molecule has 2 N–H and O–H groups in total. The lowest BCUT2D eigenvalue weighted by Crippen LogP contribution is -2.47. The van der Waals surface area contributed by atoms with Gasteiger partial charge in [-0.25, -0.2) is 4.79 Å². The molecular weight excluding hydrogens is 372 g/mol. The summed E-state index contributed by atoms with van der Waals surface area (Å²) in [5.74, 6) is -1.21. The molecule has 2 fully saturated rings. The first-order valence-electron chi connectivity index (χ1n) is 8.65. The van der Waals surface area contributed by atoms with Gasteiger partial charge in [-0.3, -0.25) is 19.3 Å². The molecule has 9 heteroatoms. The quantitative estimate of drug-likeness (QED) is 0.716. The Bertz CT molecular complexity index is 810. The normalized spacial score (nSPS) is 21.8. The number of hydrogen-bond donors (Lipinski definition) is 2. The summed E-state index contributed by atoms with van der Waals surface area (Å²) < 4.78 is 0. The van der Waals surface area contributed by atoms with Crippen molar-refractivity contribution in [1.82, 2.24) is 15.1 Å². The summed E-state index contributed by atoms with van der Waals surface area (Å²) >= 11 is 5.99. The third-order valence-corrected chi connectivity index (χ3v) is 5.27. The SMILES string of the molecule is CN(CC(=O)Nc1ccccc1Cl)C(=O)CN1C(=O)N[C@@](C)(C2CC2)C1=O. The van der Waals surface area contributed by atoms with E-state index < -0.39 is 35.8 Å². The van der Waals surface area contributed by atoms with Crippen LogP contribution in [0.4, 0.5) is 10.5 Å². The van der Waals surface area contributed by atoms with Crippen LogP contribution in [0.1, 0.15) is 19.8 Å². The number of rotatable bonds is 6. The molecule has 1 aromatic rings. The highest BCUT2D eigenvalue weighted by molar-refractivity contribution is 6.33. The highest BCUT2D eigenvalue weighted by Crippen LogP contribution is 2.42. The van der Waals surface area contributed by atoms with E-state index in [-0.39, 0.29) is 12.5 Å². The molecule has 2 aliphatic rings. The van der Waals surface area contributed by atoms with Gasteiger partial charge in [0.1, 0.15) is 12.1 Å². The number of carbonyl (C=O) groups is 4. The van der Waals surface area contributed by atoms with Crippen molar-refractivity contribution in [1.29, 1.82) is 0 Å². The third kappa shape index (κ3) is 3.90. The maximum atomic E-state index is 12.6. The van der Waals surface area contributed by atoms with Crippen molar-refractivity contribution >= 4 is 41.0 Å². The molecule has 1 aliphatic heterocycles. The number of carbonyl (C=O) groups excluding carboxylic acids is 4. The molecule has 0 bridgehead atoms. The molecule has 8 nitrogen and oxygen atoms in total. The van der Waals surface area contributed by atoms with Crippen LogP contribution < -0.4 is 10.6 Å². The number of anilines is 1. The molecular formula is C18H21ClN4O4. The van der Waals surface area contributed by atoms with Crippen molar-refractivity contribution in [3.63, 3.8) is 0 Å². The highest BCUT2D eigenvalue weighted by Gasteiger charge is 2.56. The molecule has 1 aliphatic carbocycles. The maximum absolute atomic E-state index is 12.6. The minimum atomic E-state index is -0.933. The van der Waals surface area contributed by atoms with Crippen LogP contribution in [0.2, 0.25) is 5.02 Å². The average Bonchev–Trinajstić information content (AvgIpc) is 3.43. The second-order valence-electron chi connectivity index (χ2n) is 7.08. The van der Waals surface area contributed by atoms with Crippen LogP contribution in [0, 0.1) is 5.92 Å². The molecule has 0 radical (unpaired) electrons. The number of nitrogens with one attached hydrogen (secondary N) is 2. The summed E-state index contributed by atoms with van der Waals surface area (Å²) in [6.45, 7) is 1.06. The first kappa shape index (κ1) is 19.2. The lowest BCUT2D eigenvalue weighted by atomic mass is 9.96. The predicted molar refractivity (Wildman–Crippen MR) is 99.1 cm³/mol. The van der Waals surface area contributed by atoms with Gasteiger partial charge >= 0.3 is 6.03 Å². The Balaban J connectivity index is 1.56. The summed E-state index contributed by atoms with van der Waals surface area (Å²) in [6, 6.07) is 6.18. The number of benzene rings is 1. The van der Waals surface area contributed by atoms with Crippen molar-refractivity contribution in [3.05, 3.63) is 29.3 Å². The van der Waals surface area contributed by atoms with Crippen LogP contribution in [-0.4, -0.2) is 59.2 Å². The first-order valence-corrected chi connectivity index (χ1v) is 9.02. The Hall–Kier alpha value is -2.61. The zero-order chi connectivity index (χ0) is 19.8. The van der Waals surface area contributed by atoms with E-state index >= 15 is 0 Å². The van der Waals surface area contributed by atoms with E-state index in [0.717, 1.165) is 17.7 Å². The highest BCUT2D eigenvalue weighted by atomic mass is 35.5. The van der Waals surface area contributed by atoms with E-state index in [4.69, 9.17) is 11.6 Å². The molecule has 1 saturated heterocycles. The van der Waals surface area contributed by atoms with Crippen molar-refractivity contribution in [2.75, 3.05) is 25.5 Å². The average molecular weight is 393 g/mol. The fourth-order valence-electron chi connectivity index (χ4n) is 3.11. The van der Waals surface area contributed by atoms with Crippen LogP contribution in [0.3, 0.4) is 0 Å². The van der Waals surface area contributed by atoms with Gasteiger partial charge in [0.2, 0.25) is 11.8 Å². The molecule has 27 heavy (non-hydrogen) atoms. The number of urea groups is 1. The van der Waals surface area contributed by atoms with Crippen LogP contribution >= 0.6 is 11.6 Å². The lowest BCUT2D eigenvalue weighted by molar-refractivity contribution is -0.139. The Kier molecular flexibility index (Phi) is 5.10. The largest absolute Gasteiger partial charge is 0.335 e. The Morgan fingerprint density at radius 3 is 2.63 bits per heavy atom. The smallest absolute Gasteiger partial charge is 0.325 e. The summed E-state index contributed by atoms with van der Waals surface area (Å²) in [7, 11) is 1.44. The van der Waals surface area contributed by atoms with Gasteiger partial charge in [-0.1, -0.05) is 23.7 Å². The number of nitrogens with zero attached hydrogens (tertiary/aromatic N) is 2. The third-order valence-electron chi connectivity index (χ3n) is 4.94. The van der Waals surface area contributed by atoms with Gasteiger partial charge < -0.3 is 15.5 Å². The molecule has 0 aromatic heterocycles. The van der Waals surface area contributed by atoms with E-state index in [1.807, 2.05) is 0 Å². The summed E-state index contributed by atoms with van der Waals surface area (Å²) in [5, 5.41) is 5.70. The van der Waals surface area contributed by atoms with Gasteiger partial charge in [0, 0.05) is 7.05 Å². The second-order valence-corrected chi connectivity index (χ2v) is 7.48. The van der Waals surface area contributed by atoms with Gasteiger partial charge in [-0.05, 0) is 37.8 Å². The molecule has 0 spiro atoms. The summed E-state index contributed by atoms with van der Waals surface area (Å²) in [5.41, 5.74) is -0.489. The number of para-hydroxylation sites is 1. The summed E-state index contributed by atoms with van der Waals surface area (Å²) in [6.07, 6.45) is 1.76. The Morgan fingerprint density at radius 1 is 1.33 bits per heavy atom. The molecule has 3 rings (SSSR count). The van der Waals surface area contributed by atoms with Gasteiger partial charge in [0.25, 0.3) is 5.91 Å². The molecule has 0 unspecified atom stereocenters. The van der Waals surface area contributed by atoms with E-state index in [2.05, 4.69) is 10.6 Å². The van der Waals surface area contributed by atoms with Crippen molar-refractivity contribution in [2.24, 2.45) is 5.92 Å². The minimum absolute atomic E-state index is 0.119. The Morgan fingerprint density at radius 2 is 2.00 bits per heavy atom. The van der Waals surface area contributed by atoms with E-state index in [1.54, 1.807) is 31.2 Å².